The van der Waals surface area contributed by atoms with Gasteiger partial charge >= 0.3 is 0 Å². The average molecular weight is 209 g/mol. The molecular formula is C11H15NO3. The highest BCUT2D eigenvalue weighted by Gasteiger charge is 2.08. The highest BCUT2D eigenvalue weighted by atomic mass is 16.5. The van der Waals surface area contributed by atoms with Gasteiger partial charge < -0.3 is 15.6 Å². The molecule has 1 aromatic carbocycles. The molecule has 0 saturated carbocycles. The Balaban J connectivity index is 2.32. The number of carbonyl (C=O) groups is 1. The van der Waals surface area contributed by atoms with Crippen molar-refractivity contribution in [2.24, 2.45) is 0 Å². The standard InChI is InChI=1S/C11H15NO3/c1-8(13)11(14)6-7-15-10-4-2-9(12)3-5-10/h2-5,8,13H,6-7,12H2,1H3. The molecule has 0 aliphatic carbocycles. The summed E-state index contributed by atoms with van der Waals surface area (Å²) in [6.07, 6.45) is -0.706. The summed E-state index contributed by atoms with van der Waals surface area (Å²) >= 11 is 0. The van der Waals surface area contributed by atoms with Crippen molar-refractivity contribution in [3.63, 3.8) is 0 Å². The van der Waals surface area contributed by atoms with Crippen LogP contribution in [-0.4, -0.2) is 23.6 Å². The Morgan fingerprint density at radius 1 is 1.47 bits per heavy atom. The second kappa shape index (κ2) is 5.36. The maximum absolute atomic E-state index is 11.0. The minimum atomic E-state index is -0.917. The zero-order valence-corrected chi connectivity index (χ0v) is 8.64. The molecule has 15 heavy (non-hydrogen) atoms. The van der Waals surface area contributed by atoms with Crippen LogP contribution in [0.25, 0.3) is 0 Å². The Bertz CT molecular complexity index is 319. The molecule has 0 aromatic heterocycles. The van der Waals surface area contributed by atoms with Crippen LogP contribution in [0.2, 0.25) is 0 Å². The molecule has 1 rings (SSSR count). The number of ketones is 1. The zero-order chi connectivity index (χ0) is 11.3. The van der Waals surface area contributed by atoms with Gasteiger partial charge in [-0.05, 0) is 31.2 Å². The third-order valence-electron chi connectivity index (χ3n) is 1.96. The van der Waals surface area contributed by atoms with E-state index in [0.29, 0.717) is 11.4 Å². The molecule has 1 atom stereocenters. The predicted octanol–water partition coefficient (Wildman–Crippen LogP) is 0.988. The molecular weight excluding hydrogens is 194 g/mol. The minimum absolute atomic E-state index is 0.210. The highest BCUT2D eigenvalue weighted by molar-refractivity contribution is 5.82. The van der Waals surface area contributed by atoms with Gasteiger partial charge in [-0.2, -0.15) is 0 Å². The SMILES string of the molecule is CC(O)C(=O)CCOc1ccc(N)cc1. The van der Waals surface area contributed by atoms with Crippen molar-refractivity contribution in [1.29, 1.82) is 0 Å². The molecule has 0 saturated heterocycles. The lowest BCUT2D eigenvalue weighted by Crippen LogP contribution is -2.18. The van der Waals surface area contributed by atoms with Crippen molar-refractivity contribution in [1.82, 2.24) is 0 Å². The monoisotopic (exact) mass is 209 g/mol. The van der Waals surface area contributed by atoms with Crippen LogP contribution in [-0.2, 0) is 4.79 Å². The summed E-state index contributed by atoms with van der Waals surface area (Å²) in [7, 11) is 0. The Morgan fingerprint density at radius 3 is 2.60 bits per heavy atom. The first-order chi connectivity index (χ1) is 7.09. The number of aliphatic hydroxyl groups is 1. The van der Waals surface area contributed by atoms with Crippen LogP contribution in [0, 0.1) is 0 Å². The molecule has 0 spiro atoms. The van der Waals surface area contributed by atoms with Gasteiger partial charge in [-0.3, -0.25) is 4.79 Å². The predicted molar refractivity (Wildman–Crippen MR) is 57.7 cm³/mol. The van der Waals surface area contributed by atoms with E-state index in [1.165, 1.54) is 6.92 Å². The van der Waals surface area contributed by atoms with E-state index < -0.39 is 6.10 Å². The number of anilines is 1. The van der Waals surface area contributed by atoms with E-state index in [0.717, 1.165) is 0 Å². The van der Waals surface area contributed by atoms with Gasteiger partial charge in [0.25, 0.3) is 0 Å². The van der Waals surface area contributed by atoms with Crippen LogP contribution in [0.15, 0.2) is 24.3 Å². The minimum Gasteiger partial charge on any atom is -0.493 e. The Hall–Kier alpha value is -1.55. The van der Waals surface area contributed by atoms with Crippen molar-refractivity contribution in [2.45, 2.75) is 19.4 Å². The number of aliphatic hydroxyl groups excluding tert-OH is 1. The number of ether oxygens (including phenoxy) is 1. The Labute approximate surface area is 88.7 Å². The van der Waals surface area contributed by atoms with Crippen LogP contribution < -0.4 is 10.5 Å². The third-order valence-corrected chi connectivity index (χ3v) is 1.96. The maximum atomic E-state index is 11.0. The van der Waals surface area contributed by atoms with Crippen LogP contribution >= 0.6 is 0 Å². The fourth-order valence-electron chi connectivity index (χ4n) is 1.04. The van der Waals surface area contributed by atoms with E-state index >= 15 is 0 Å². The van der Waals surface area contributed by atoms with Crippen molar-refractivity contribution >= 4 is 11.5 Å². The second-order valence-corrected chi connectivity index (χ2v) is 3.31. The Kier molecular flexibility index (Phi) is 4.12. The van der Waals surface area contributed by atoms with Gasteiger partial charge in [0, 0.05) is 12.1 Å². The number of Topliss-reactive ketones (excluding diaryl/α,β-unsaturated/α-hetero) is 1. The Morgan fingerprint density at radius 2 is 2.07 bits per heavy atom. The molecule has 3 N–H and O–H groups in total. The summed E-state index contributed by atoms with van der Waals surface area (Å²) < 4.78 is 5.29. The number of rotatable bonds is 5. The normalized spacial score (nSPS) is 12.1. The van der Waals surface area contributed by atoms with Crippen molar-refractivity contribution in [2.75, 3.05) is 12.3 Å². The van der Waals surface area contributed by atoms with E-state index in [2.05, 4.69) is 0 Å². The quantitative estimate of drug-likeness (QED) is 0.709. The first-order valence-corrected chi connectivity index (χ1v) is 4.78. The van der Waals surface area contributed by atoms with E-state index in [4.69, 9.17) is 15.6 Å². The molecule has 4 nitrogen and oxygen atoms in total. The lowest BCUT2D eigenvalue weighted by atomic mass is 10.2. The number of nitrogen functional groups attached to an aromatic ring is 1. The number of hydrogen-bond donors (Lipinski definition) is 2. The second-order valence-electron chi connectivity index (χ2n) is 3.31. The van der Waals surface area contributed by atoms with Crippen molar-refractivity contribution in [3.8, 4) is 5.75 Å². The summed E-state index contributed by atoms with van der Waals surface area (Å²) in [6, 6.07) is 6.93. The average Bonchev–Trinajstić information content (AvgIpc) is 2.20. The molecule has 1 aromatic rings. The van der Waals surface area contributed by atoms with Gasteiger partial charge in [0.15, 0.2) is 5.78 Å². The summed E-state index contributed by atoms with van der Waals surface area (Å²) in [4.78, 5) is 11.0. The van der Waals surface area contributed by atoms with Gasteiger partial charge in [-0.1, -0.05) is 0 Å². The number of nitrogens with two attached hydrogens (primary N) is 1. The molecule has 0 radical (unpaired) electrons. The smallest absolute Gasteiger partial charge is 0.164 e. The molecule has 4 heteroatoms. The van der Waals surface area contributed by atoms with Crippen LogP contribution in [0.3, 0.4) is 0 Å². The fraction of sp³-hybridized carbons (Fsp3) is 0.364. The summed E-state index contributed by atoms with van der Waals surface area (Å²) in [6.45, 7) is 1.72. The summed E-state index contributed by atoms with van der Waals surface area (Å²) in [5, 5.41) is 8.93. The lowest BCUT2D eigenvalue weighted by molar-refractivity contribution is -0.126. The lowest BCUT2D eigenvalue weighted by Gasteiger charge is -2.06. The molecule has 0 fully saturated rings. The molecule has 0 bridgehead atoms. The van der Waals surface area contributed by atoms with Crippen LogP contribution in [0.4, 0.5) is 5.69 Å². The fourth-order valence-corrected chi connectivity index (χ4v) is 1.04. The number of benzene rings is 1. The van der Waals surface area contributed by atoms with Gasteiger partial charge in [0.1, 0.15) is 11.9 Å². The number of carbonyl (C=O) groups excluding carboxylic acids is 1. The molecule has 82 valence electrons. The molecule has 0 aliphatic rings. The van der Waals surface area contributed by atoms with E-state index in [-0.39, 0.29) is 18.8 Å². The van der Waals surface area contributed by atoms with Crippen molar-refractivity contribution in [3.05, 3.63) is 24.3 Å². The first-order valence-electron chi connectivity index (χ1n) is 4.78. The van der Waals surface area contributed by atoms with E-state index in [1.54, 1.807) is 24.3 Å². The first kappa shape index (κ1) is 11.5. The zero-order valence-electron chi connectivity index (χ0n) is 8.64. The van der Waals surface area contributed by atoms with Gasteiger partial charge in [0.05, 0.1) is 6.61 Å². The molecule has 0 aliphatic heterocycles. The molecule has 0 amide bonds. The van der Waals surface area contributed by atoms with Gasteiger partial charge in [-0.15, -0.1) is 0 Å². The maximum Gasteiger partial charge on any atom is 0.164 e. The van der Waals surface area contributed by atoms with Gasteiger partial charge in [-0.25, -0.2) is 0 Å². The number of hydrogen-bond acceptors (Lipinski definition) is 4. The molecule has 0 heterocycles. The van der Waals surface area contributed by atoms with Gasteiger partial charge in [0.2, 0.25) is 0 Å². The molecule has 1 unspecified atom stereocenters. The van der Waals surface area contributed by atoms with Crippen molar-refractivity contribution < 1.29 is 14.6 Å². The van der Waals surface area contributed by atoms with E-state index in [9.17, 15) is 4.79 Å². The highest BCUT2D eigenvalue weighted by Crippen LogP contribution is 2.13. The summed E-state index contributed by atoms with van der Waals surface area (Å²) in [5.74, 6) is 0.452. The largest absolute Gasteiger partial charge is 0.493 e. The third kappa shape index (κ3) is 3.99. The topological polar surface area (TPSA) is 72.5 Å². The summed E-state index contributed by atoms with van der Waals surface area (Å²) in [5.41, 5.74) is 6.17. The van der Waals surface area contributed by atoms with E-state index in [1.807, 2.05) is 0 Å². The van der Waals surface area contributed by atoms with Crippen LogP contribution in [0.5, 0.6) is 5.75 Å². The van der Waals surface area contributed by atoms with Crippen LogP contribution in [0.1, 0.15) is 13.3 Å².